The molecule has 1 fully saturated rings. The maximum absolute atomic E-state index is 10.8. The Kier molecular flexibility index (Phi) is 2.88. The molecule has 0 bridgehead atoms. The average molecular weight is 157 g/mol. The van der Waals surface area contributed by atoms with Gasteiger partial charge in [0.25, 0.3) is 0 Å². The predicted octanol–water partition coefficient (Wildman–Crippen LogP) is 0.283. The van der Waals surface area contributed by atoms with Crippen molar-refractivity contribution >= 4 is 5.91 Å². The van der Waals surface area contributed by atoms with Crippen LogP contribution < -0.4 is 5.32 Å². The standard InChI is InChI=1S/C8H15NO2/c1-6-3-2-4-7(6)9-8(11)5-10/h6-7,10H,2-5H2,1H3,(H,9,11). The van der Waals surface area contributed by atoms with Gasteiger partial charge in [0.2, 0.25) is 5.91 Å². The first-order chi connectivity index (χ1) is 5.24. The Hall–Kier alpha value is -0.570. The van der Waals surface area contributed by atoms with Crippen LogP contribution in [0.2, 0.25) is 0 Å². The summed E-state index contributed by atoms with van der Waals surface area (Å²) in [5.74, 6) is 0.328. The smallest absolute Gasteiger partial charge is 0.245 e. The second kappa shape index (κ2) is 3.72. The van der Waals surface area contributed by atoms with Crippen molar-refractivity contribution in [1.29, 1.82) is 0 Å². The van der Waals surface area contributed by atoms with Crippen LogP contribution in [0.1, 0.15) is 26.2 Å². The number of aliphatic hydroxyl groups is 1. The van der Waals surface area contributed by atoms with Crippen LogP contribution in [-0.4, -0.2) is 23.7 Å². The van der Waals surface area contributed by atoms with Crippen LogP contribution in [0.4, 0.5) is 0 Å². The van der Waals surface area contributed by atoms with Gasteiger partial charge in [-0.05, 0) is 18.8 Å². The van der Waals surface area contributed by atoms with Gasteiger partial charge in [-0.3, -0.25) is 4.79 Å². The lowest BCUT2D eigenvalue weighted by atomic mass is 10.1. The highest BCUT2D eigenvalue weighted by atomic mass is 16.3. The molecule has 0 aromatic carbocycles. The quantitative estimate of drug-likeness (QED) is 0.605. The van der Waals surface area contributed by atoms with Gasteiger partial charge in [-0.2, -0.15) is 0 Å². The highest BCUT2D eigenvalue weighted by Gasteiger charge is 2.24. The minimum atomic E-state index is -0.386. The van der Waals surface area contributed by atoms with Crippen LogP contribution >= 0.6 is 0 Å². The van der Waals surface area contributed by atoms with E-state index in [9.17, 15) is 4.79 Å². The van der Waals surface area contributed by atoms with E-state index in [1.165, 1.54) is 12.8 Å². The van der Waals surface area contributed by atoms with E-state index in [1.54, 1.807) is 0 Å². The average Bonchev–Trinajstić information content (AvgIpc) is 2.37. The summed E-state index contributed by atoms with van der Waals surface area (Å²) in [5, 5.41) is 11.3. The molecule has 2 unspecified atom stereocenters. The summed E-state index contributed by atoms with van der Waals surface area (Å²) in [5.41, 5.74) is 0. The van der Waals surface area contributed by atoms with Crippen LogP contribution in [0.3, 0.4) is 0 Å². The van der Waals surface area contributed by atoms with E-state index in [4.69, 9.17) is 5.11 Å². The van der Waals surface area contributed by atoms with Crippen molar-refractivity contribution in [2.75, 3.05) is 6.61 Å². The highest BCUT2D eigenvalue weighted by Crippen LogP contribution is 2.24. The van der Waals surface area contributed by atoms with Crippen LogP contribution in [-0.2, 0) is 4.79 Å². The highest BCUT2D eigenvalue weighted by molar-refractivity contribution is 5.77. The fraction of sp³-hybridized carbons (Fsp3) is 0.875. The van der Waals surface area contributed by atoms with E-state index in [0.29, 0.717) is 12.0 Å². The number of amides is 1. The summed E-state index contributed by atoms with van der Waals surface area (Å²) in [6, 6.07) is 0.301. The first-order valence-electron chi connectivity index (χ1n) is 4.14. The van der Waals surface area contributed by atoms with E-state index < -0.39 is 0 Å². The van der Waals surface area contributed by atoms with Gasteiger partial charge in [-0.15, -0.1) is 0 Å². The van der Waals surface area contributed by atoms with E-state index >= 15 is 0 Å². The van der Waals surface area contributed by atoms with Crippen molar-refractivity contribution < 1.29 is 9.90 Å². The molecule has 64 valence electrons. The Morgan fingerprint density at radius 3 is 2.82 bits per heavy atom. The van der Waals surface area contributed by atoms with Gasteiger partial charge < -0.3 is 10.4 Å². The zero-order valence-electron chi connectivity index (χ0n) is 6.84. The van der Waals surface area contributed by atoms with Crippen molar-refractivity contribution in [3.8, 4) is 0 Å². The molecule has 1 saturated carbocycles. The number of carbonyl (C=O) groups is 1. The fourth-order valence-corrected chi connectivity index (χ4v) is 1.61. The topological polar surface area (TPSA) is 49.3 Å². The normalized spacial score (nSPS) is 30.4. The Labute approximate surface area is 66.8 Å². The molecular formula is C8H15NO2. The second-order valence-electron chi connectivity index (χ2n) is 3.24. The first kappa shape index (κ1) is 8.53. The number of nitrogens with one attached hydrogen (secondary N) is 1. The molecule has 1 amide bonds. The Morgan fingerprint density at radius 1 is 1.64 bits per heavy atom. The van der Waals surface area contributed by atoms with Crippen molar-refractivity contribution in [2.24, 2.45) is 5.92 Å². The molecule has 11 heavy (non-hydrogen) atoms. The molecule has 0 spiro atoms. The summed E-state index contributed by atoms with van der Waals surface area (Å²) >= 11 is 0. The largest absolute Gasteiger partial charge is 0.387 e. The first-order valence-corrected chi connectivity index (χ1v) is 4.14. The molecule has 2 atom stereocenters. The van der Waals surface area contributed by atoms with Crippen LogP contribution in [0.25, 0.3) is 0 Å². The molecule has 0 aromatic rings. The molecule has 3 nitrogen and oxygen atoms in total. The minimum absolute atomic E-state index is 0.247. The van der Waals surface area contributed by atoms with Gasteiger partial charge in [0.1, 0.15) is 6.61 Å². The lowest BCUT2D eigenvalue weighted by Crippen LogP contribution is -2.37. The maximum atomic E-state index is 10.8. The fourth-order valence-electron chi connectivity index (χ4n) is 1.61. The SMILES string of the molecule is CC1CCCC1NC(=O)CO. The Balaban J connectivity index is 2.30. The van der Waals surface area contributed by atoms with Crippen molar-refractivity contribution in [2.45, 2.75) is 32.2 Å². The molecular weight excluding hydrogens is 142 g/mol. The van der Waals surface area contributed by atoms with Gasteiger partial charge >= 0.3 is 0 Å². The monoisotopic (exact) mass is 157 g/mol. The van der Waals surface area contributed by atoms with Crippen molar-refractivity contribution in [3.63, 3.8) is 0 Å². The zero-order valence-corrected chi connectivity index (χ0v) is 6.84. The minimum Gasteiger partial charge on any atom is -0.387 e. The number of aliphatic hydroxyl groups excluding tert-OH is 1. The lowest BCUT2D eigenvalue weighted by molar-refractivity contribution is -0.124. The van der Waals surface area contributed by atoms with Crippen LogP contribution in [0.15, 0.2) is 0 Å². The number of carbonyl (C=O) groups excluding carboxylic acids is 1. The van der Waals surface area contributed by atoms with E-state index in [0.717, 1.165) is 6.42 Å². The summed E-state index contributed by atoms with van der Waals surface area (Å²) in [6.07, 6.45) is 3.45. The molecule has 0 heterocycles. The van der Waals surface area contributed by atoms with E-state index in [1.807, 2.05) is 0 Å². The number of hydrogen-bond donors (Lipinski definition) is 2. The van der Waals surface area contributed by atoms with Gasteiger partial charge in [-0.25, -0.2) is 0 Å². The molecule has 0 aliphatic heterocycles. The summed E-state index contributed by atoms with van der Waals surface area (Å²) < 4.78 is 0. The van der Waals surface area contributed by atoms with Crippen LogP contribution in [0.5, 0.6) is 0 Å². The summed E-state index contributed by atoms with van der Waals surface area (Å²) in [4.78, 5) is 10.8. The number of hydrogen-bond acceptors (Lipinski definition) is 2. The van der Waals surface area contributed by atoms with E-state index in [-0.39, 0.29) is 12.5 Å². The van der Waals surface area contributed by atoms with Crippen molar-refractivity contribution in [1.82, 2.24) is 5.32 Å². The zero-order chi connectivity index (χ0) is 8.27. The maximum Gasteiger partial charge on any atom is 0.245 e. The molecule has 3 heteroatoms. The molecule has 2 N–H and O–H groups in total. The van der Waals surface area contributed by atoms with Crippen LogP contribution in [0, 0.1) is 5.92 Å². The molecule has 1 aliphatic carbocycles. The van der Waals surface area contributed by atoms with Gasteiger partial charge in [-0.1, -0.05) is 13.3 Å². The lowest BCUT2D eigenvalue weighted by Gasteiger charge is -2.15. The Morgan fingerprint density at radius 2 is 2.36 bits per heavy atom. The predicted molar refractivity (Wildman–Crippen MR) is 42.0 cm³/mol. The van der Waals surface area contributed by atoms with E-state index in [2.05, 4.69) is 12.2 Å². The third-order valence-electron chi connectivity index (χ3n) is 2.35. The summed E-state index contributed by atoms with van der Waals surface area (Å²) in [7, 11) is 0. The Bertz CT molecular complexity index is 147. The molecule has 1 aliphatic rings. The second-order valence-corrected chi connectivity index (χ2v) is 3.24. The molecule has 1 rings (SSSR count). The van der Waals surface area contributed by atoms with Gasteiger partial charge in [0.15, 0.2) is 0 Å². The third kappa shape index (κ3) is 2.19. The molecule has 0 saturated heterocycles. The summed E-state index contributed by atoms with van der Waals surface area (Å²) in [6.45, 7) is 1.75. The van der Waals surface area contributed by atoms with Gasteiger partial charge in [0, 0.05) is 6.04 Å². The van der Waals surface area contributed by atoms with Crippen molar-refractivity contribution in [3.05, 3.63) is 0 Å². The van der Waals surface area contributed by atoms with Gasteiger partial charge in [0.05, 0.1) is 0 Å². The molecule has 0 radical (unpaired) electrons. The molecule has 0 aromatic heterocycles. The third-order valence-corrected chi connectivity index (χ3v) is 2.35. The number of rotatable bonds is 2.